The number of benzene rings is 2. The molecule has 7 nitrogen and oxygen atoms in total. The van der Waals surface area contributed by atoms with E-state index in [2.05, 4.69) is 0 Å². The minimum Gasteiger partial charge on any atom is -0.507 e. The number of Topliss-reactive ketones (excluding diaryl/α,β-unsaturated/α-hetero) is 2. The maximum atomic E-state index is 12.2. The number of aromatic hydroxyl groups is 2. The number of rotatable bonds is 3. The standard InChI is InChI=1S/C21H20O7/c1-9-6-13-18(24)16(10(2)22)19(25)17(11(3)23)21(13)28-20(9)12-4-5-14-15(7-12)27-8-26-14/h4-5,7,9,20,24-25H,6,8H2,1-3H3. The Morgan fingerprint density at radius 2 is 1.68 bits per heavy atom. The molecule has 0 aliphatic carbocycles. The molecule has 2 aromatic rings. The van der Waals surface area contributed by atoms with Crippen LogP contribution in [0.5, 0.6) is 28.7 Å². The van der Waals surface area contributed by atoms with Gasteiger partial charge in [-0.1, -0.05) is 13.0 Å². The van der Waals surface area contributed by atoms with Crippen LogP contribution in [0.15, 0.2) is 18.2 Å². The van der Waals surface area contributed by atoms with Crippen molar-refractivity contribution in [2.24, 2.45) is 5.92 Å². The van der Waals surface area contributed by atoms with Gasteiger partial charge in [-0.25, -0.2) is 0 Å². The van der Waals surface area contributed by atoms with Gasteiger partial charge in [-0.2, -0.15) is 0 Å². The molecule has 0 aromatic heterocycles. The Bertz CT molecular complexity index is 1010. The third-order valence-electron chi connectivity index (χ3n) is 5.21. The van der Waals surface area contributed by atoms with E-state index in [-0.39, 0.29) is 35.3 Å². The molecule has 146 valence electrons. The molecule has 28 heavy (non-hydrogen) atoms. The lowest BCUT2D eigenvalue weighted by molar-refractivity contribution is 0.0969. The Morgan fingerprint density at radius 1 is 1.00 bits per heavy atom. The smallest absolute Gasteiger partial charge is 0.231 e. The number of fused-ring (bicyclic) bond motifs is 2. The molecule has 0 radical (unpaired) electrons. The molecule has 7 heteroatoms. The van der Waals surface area contributed by atoms with E-state index in [1.165, 1.54) is 13.8 Å². The lowest BCUT2D eigenvalue weighted by atomic mass is 9.84. The molecule has 0 saturated carbocycles. The minimum atomic E-state index is -0.546. The van der Waals surface area contributed by atoms with Crippen LogP contribution in [-0.4, -0.2) is 28.6 Å². The molecule has 0 fully saturated rings. The lowest BCUT2D eigenvalue weighted by Crippen LogP contribution is -2.26. The van der Waals surface area contributed by atoms with Crippen LogP contribution in [0.4, 0.5) is 0 Å². The van der Waals surface area contributed by atoms with Crippen molar-refractivity contribution < 1.29 is 34.0 Å². The van der Waals surface area contributed by atoms with Gasteiger partial charge < -0.3 is 24.4 Å². The summed E-state index contributed by atoms with van der Waals surface area (Å²) in [6.07, 6.45) is -0.0525. The lowest BCUT2D eigenvalue weighted by Gasteiger charge is -2.34. The van der Waals surface area contributed by atoms with Gasteiger partial charge in [-0.3, -0.25) is 9.59 Å². The molecule has 0 spiro atoms. The molecule has 2 unspecified atom stereocenters. The first-order valence-corrected chi connectivity index (χ1v) is 8.98. The molecule has 2 aliphatic heterocycles. The summed E-state index contributed by atoms with van der Waals surface area (Å²) in [7, 11) is 0. The van der Waals surface area contributed by atoms with Crippen molar-refractivity contribution in [2.45, 2.75) is 33.3 Å². The molecule has 0 bridgehead atoms. The predicted octanol–water partition coefficient (Wildman–Crippen LogP) is 3.54. The van der Waals surface area contributed by atoms with Crippen LogP contribution in [-0.2, 0) is 6.42 Å². The molecular formula is C21H20O7. The quantitative estimate of drug-likeness (QED) is 0.780. The second-order valence-electron chi connectivity index (χ2n) is 7.20. The number of phenols is 2. The van der Waals surface area contributed by atoms with Crippen molar-refractivity contribution >= 4 is 11.6 Å². The molecule has 2 aliphatic rings. The summed E-state index contributed by atoms with van der Waals surface area (Å²) in [6, 6.07) is 5.48. The maximum Gasteiger partial charge on any atom is 0.231 e. The summed E-state index contributed by atoms with van der Waals surface area (Å²) < 4.78 is 16.9. The summed E-state index contributed by atoms with van der Waals surface area (Å²) in [5.74, 6) is -0.532. The van der Waals surface area contributed by atoms with Crippen LogP contribution in [0, 0.1) is 5.92 Å². The van der Waals surface area contributed by atoms with Crippen molar-refractivity contribution in [3.05, 3.63) is 40.5 Å². The van der Waals surface area contributed by atoms with Crippen molar-refractivity contribution in [1.29, 1.82) is 0 Å². The Hall–Kier alpha value is -3.22. The van der Waals surface area contributed by atoms with Crippen molar-refractivity contribution in [3.8, 4) is 28.7 Å². The number of carbonyl (C=O) groups is 2. The fraction of sp³-hybridized carbons (Fsp3) is 0.333. The van der Waals surface area contributed by atoms with Crippen molar-refractivity contribution in [1.82, 2.24) is 0 Å². The van der Waals surface area contributed by atoms with E-state index in [0.717, 1.165) is 5.56 Å². The zero-order valence-corrected chi connectivity index (χ0v) is 15.7. The zero-order valence-electron chi connectivity index (χ0n) is 15.7. The highest BCUT2D eigenvalue weighted by Gasteiger charge is 2.37. The van der Waals surface area contributed by atoms with Gasteiger partial charge >= 0.3 is 0 Å². The fourth-order valence-corrected chi connectivity index (χ4v) is 3.89. The van der Waals surface area contributed by atoms with Gasteiger partial charge in [0.15, 0.2) is 23.1 Å². The monoisotopic (exact) mass is 384 g/mol. The topological polar surface area (TPSA) is 102 Å². The number of ether oxygens (including phenoxy) is 3. The van der Waals surface area contributed by atoms with E-state index >= 15 is 0 Å². The van der Waals surface area contributed by atoms with E-state index in [4.69, 9.17) is 14.2 Å². The number of carbonyl (C=O) groups excluding carboxylic acids is 2. The Labute approximate surface area is 161 Å². The van der Waals surface area contributed by atoms with Crippen LogP contribution in [0.2, 0.25) is 0 Å². The van der Waals surface area contributed by atoms with Crippen molar-refractivity contribution in [3.63, 3.8) is 0 Å². The van der Waals surface area contributed by atoms with Crippen molar-refractivity contribution in [2.75, 3.05) is 6.79 Å². The Balaban J connectivity index is 1.85. The van der Waals surface area contributed by atoms with Crippen LogP contribution in [0.3, 0.4) is 0 Å². The molecule has 0 amide bonds. The maximum absolute atomic E-state index is 12.2. The predicted molar refractivity (Wildman–Crippen MR) is 98.6 cm³/mol. The van der Waals surface area contributed by atoms with Crippen LogP contribution >= 0.6 is 0 Å². The Kier molecular flexibility index (Phi) is 4.18. The third kappa shape index (κ3) is 2.66. The molecule has 4 rings (SSSR count). The molecule has 0 saturated heterocycles. The van der Waals surface area contributed by atoms with Gasteiger partial charge in [0.25, 0.3) is 0 Å². The van der Waals surface area contributed by atoms with Gasteiger partial charge in [0.05, 0.1) is 0 Å². The van der Waals surface area contributed by atoms with E-state index < -0.39 is 23.4 Å². The molecule has 2 aromatic carbocycles. The average Bonchev–Trinajstić information content (AvgIpc) is 3.09. The largest absolute Gasteiger partial charge is 0.507 e. The van der Waals surface area contributed by atoms with Gasteiger partial charge in [-0.15, -0.1) is 0 Å². The first kappa shape index (κ1) is 18.2. The molecule has 2 heterocycles. The second-order valence-corrected chi connectivity index (χ2v) is 7.20. The van der Waals surface area contributed by atoms with E-state index in [1.807, 2.05) is 19.1 Å². The fourth-order valence-electron chi connectivity index (χ4n) is 3.89. The number of hydrogen-bond acceptors (Lipinski definition) is 7. The molecule has 2 N–H and O–H groups in total. The van der Waals surface area contributed by atoms with Gasteiger partial charge in [0.1, 0.15) is 34.5 Å². The van der Waals surface area contributed by atoms with E-state index in [0.29, 0.717) is 23.5 Å². The number of ketones is 2. The summed E-state index contributed by atoms with van der Waals surface area (Å²) >= 11 is 0. The van der Waals surface area contributed by atoms with E-state index in [1.54, 1.807) is 6.07 Å². The second kappa shape index (κ2) is 6.44. The summed E-state index contributed by atoms with van der Waals surface area (Å²) in [5, 5.41) is 21.1. The van der Waals surface area contributed by atoms with Gasteiger partial charge in [0, 0.05) is 11.5 Å². The van der Waals surface area contributed by atoms with Gasteiger partial charge in [0.2, 0.25) is 6.79 Å². The number of phenolic OH excluding ortho intramolecular Hbond substituents is 2. The summed E-state index contributed by atoms with van der Waals surface area (Å²) in [5.41, 5.74) is 0.848. The number of hydrogen-bond donors (Lipinski definition) is 2. The minimum absolute atomic E-state index is 0.0667. The molecular weight excluding hydrogens is 364 g/mol. The molecule has 2 atom stereocenters. The highest BCUT2D eigenvalue weighted by molar-refractivity contribution is 6.08. The average molecular weight is 384 g/mol. The van der Waals surface area contributed by atoms with Crippen LogP contribution < -0.4 is 14.2 Å². The zero-order chi connectivity index (χ0) is 20.2. The highest BCUT2D eigenvalue weighted by atomic mass is 16.7. The summed E-state index contributed by atoms with van der Waals surface area (Å²) in [4.78, 5) is 24.2. The van der Waals surface area contributed by atoms with Gasteiger partial charge in [-0.05, 0) is 38.0 Å². The first-order chi connectivity index (χ1) is 13.3. The summed E-state index contributed by atoms with van der Waals surface area (Å²) in [6.45, 7) is 4.62. The van der Waals surface area contributed by atoms with E-state index in [9.17, 15) is 19.8 Å². The Morgan fingerprint density at radius 3 is 2.36 bits per heavy atom. The highest BCUT2D eigenvalue weighted by Crippen LogP contribution is 2.50. The first-order valence-electron chi connectivity index (χ1n) is 8.98. The SMILES string of the molecule is CC(=O)c1c(O)c2c(c(C(C)=O)c1O)OC(c1ccc3c(c1)OCO3)C(C)C2. The van der Waals surface area contributed by atoms with Crippen LogP contribution in [0.25, 0.3) is 0 Å². The normalized spacial score (nSPS) is 19.7. The van der Waals surface area contributed by atoms with Crippen LogP contribution in [0.1, 0.15) is 58.7 Å². The third-order valence-corrected chi connectivity index (χ3v) is 5.21.